The molecule has 0 atom stereocenters. The fourth-order valence-electron chi connectivity index (χ4n) is 0.606. The van der Waals surface area contributed by atoms with Crippen LogP contribution in [0.1, 0.15) is 0 Å². The van der Waals surface area contributed by atoms with Crippen LogP contribution in [0, 0.1) is 10.5 Å². The molecule has 0 fully saturated rings. The number of rotatable bonds is 1. The molecule has 4 nitrogen and oxygen atoms in total. The van der Waals surface area contributed by atoms with Crippen molar-refractivity contribution < 1.29 is 13.9 Å². The van der Waals surface area contributed by atoms with Crippen LogP contribution in [0.15, 0.2) is 12.1 Å². The molecule has 0 aliphatic heterocycles. The summed E-state index contributed by atoms with van der Waals surface area (Å²) in [4.78, 5) is 12.5. The summed E-state index contributed by atoms with van der Waals surface area (Å²) < 4.78 is 16.8. The Hall–Kier alpha value is -1.43. The van der Waals surface area contributed by atoms with Gasteiger partial charge in [0.2, 0.25) is 5.88 Å². The first-order valence-electron chi connectivity index (χ1n) is 2.95. The zero-order chi connectivity index (χ0) is 9.14. The van der Waals surface area contributed by atoms with E-state index in [2.05, 4.69) is 21.9 Å². The van der Waals surface area contributed by atoms with E-state index in [1.165, 1.54) is 6.07 Å². The van der Waals surface area contributed by atoms with Gasteiger partial charge in [-0.2, -0.15) is 0 Å². The SMILES string of the molecule is NC(=O)Oc1ccc(F)c(=S)[nH]1. The van der Waals surface area contributed by atoms with Crippen LogP contribution in [0.5, 0.6) is 5.88 Å². The van der Waals surface area contributed by atoms with Gasteiger partial charge in [0.1, 0.15) is 4.64 Å². The standard InChI is InChI=1S/C6H5FN2O2S/c7-3-1-2-4(9-5(3)12)11-6(8)10/h1-2H,(H2,8,10)(H,9,12). The maximum absolute atomic E-state index is 12.5. The van der Waals surface area contributed by atoms with Crippen LogP contribution in [0.2, 0.25) is 0 Å². The maximum Gasteiger partial charge on any atom is 0.411 e. The van der Waals surface area contributed by atoms with E-state index in [4.69, 9.17) is 5.73 Å². The Bertz CT molecular complexity index is 363. The van der Waals surface area contributed by atoms with Crippen LogP contribution in [0.3, 0.4) is 0 Å². The number of carbonyl (C=O) groups excluding carboxylic acids is 1. The normalized spacial score (nSPS) is 9.42. The number of nitrogens with one attached hydrogen (secondary N) is 1. The van der Waals surface area contributed by atoms with Gasteiger partial charge in [0.25, 0.3) is 0 Å². The molecule has 3 N–H and O–H groups in total. The van der Waals surface area contributed by atoms with Crippen molar-refractivity contribution in [1.82, 2.24) is 4.98 Å². The van der Waals surface area contributed by atoms with Crippen LogP contribution < -0.4 is 10.5 Å². The second kappa shape index (κ2) is 3.31. The van der Waals surface area contributed by atoms with Crippen molar-refractivity contribution >= 4 is 18.3 Å². The molecular weight excluding hydrogens is 183 g/mol. The summed E-state index contributed by atoms with van der Waals surface area (Å²) >= 11 is 4.53. The van der Waals surface area contributed by atoms with E-state index in [0.717, 1.165) is 6.07 Å². The molecular formula is C6H5FN2O2S. The van der Waals surface area contributed by atoms with Crippen molar-refractivity contribution in [3.8, 4) is 5.88 Å². The molecule has 12 heavy (non-hydrogen) atoms. The third-order valence-electron chi connectivity index (χ3n) is 1.05. The van der Waals surface area contributed by atoms with Crippen molar-refractivity contribution in [3.05, 3.63) is 22.6 Å². The Morgan fingerprint density at radius 3 is 2.83 bits per heavy atom. The highest BCUT2D eigenvalue weighted by molar-refractivity contribution is 7.71. The Morgan fingerprint density at radius 2 is 2.33 bits per heavy atom. The van der Waals surface area contributed by atoms with Gasteiger partial charge in [-0.3, -0.25) is 0 Å². The van der Waals surface area contributed by atoms with E-state index < -0.39 is 11.9 Å². The topological polar surface area (TPSA) is 68.1 Å². The number of ether oxygens (including phenoxy) is 1. The lowest BCUT2D eigenvalue weighted by Crippen LogP contribution is -2.16. The Kier molecular flexibility index (Phi) is 2.39. The quantitative estimate of drug-likeness (QED) is 0.653. The van der Waals surface area contributed by atoms with Gasteiger partial charge >= 0.3 is 6.09 Å². The van der Waals surface area contributed by atoms with E-state index in [-0.39, 0.29) is 10.5 Å². The van der Waals surface area contributed by atoms with Gasteiger partial charge in [-0.25, -0.2) is 9.18 Å². The zero-order valence-corrected chi connectivity index (χ0v) is 6.65. The summed E-state index contributed by atoms with van der Waals surface area (Å²) in [5.41, 5.74) is 4.70. The van der Waals surface area contributed by atoms with Crippen LogP contribution >= 0.6 is 12.2 Å². The van der Waals surface area contributed by atoms with Crippen molar-refractivity contribution in [3.63, 3.8) is 0 Å². The third-order valence-corrected chi connectivity index (χ3v) is 1.34. The van der Waals surface area contributed by atoms with Crippen LogP contribution in [0.25, 0.3) is 0 Å². The number of halogens is 1. The van der Waals surface area contributed by atoms with E-state index in [1.807, 2.05) is 0 Å². The van der Waals surface area contributed by atoms with E-state index >= 15 is 0 Å². The zero-order valence-electron chi connectivity index (χ0n) is 5.83. The molecule has 1 rings (SSSR count). The minimum Gasteiger partial charge on any atom is -0.393 e. The fraction of sp³-hybridized carbons (Fsp3) is 0. The average molecular weight is 188 g/mol. The summed E-state index contributed by atoms with van der Waals surface area (Å²) in [6.45, 7) is 0. The van der Waals surface area contributed by atoms with Crippen molar-refractivity contribution in [2.75, 3.05) is 0 Å². The van der Waals surface area contributed by atoms with E-state index in [1.54, 1.807) is 0 Å². The lowest BCUT2D eigenvalue weighted by atomic mass is 10.5. The van der Waals surface area contributed by atoms with Gasteiger partial charge in [-0.05, 0) is 6.07 Å². The predicted octanol–water partition coefficient (Wildman–Crippen LogP) is 1.34. The first kappa shape index (κ1) is 8.66. The molecule has 1 heterocycles. The first-order valence-corrected chi connectivity index (χ1v) is 3.36. The summed E-state index contributed by atoms with van der Waals surface area (Å²) in [7, 11) is 0. The Labute approximate surface area is 72.2 Å². The lowest BCUT2D eigenvalue weighted by molar-refractivity contribution is 0.209. The van der Waals surface area contributed by atoms with Crippen molar-refractivity contribution in [1.29, 1.82) is 0 Å². The lowest BCUT2D eigenvalue weighted by Gasteiger charge is -1.99. The molecule has 0 bridgehead atoms. The summed E-state index contributed by atoms with van der Waals surface area (Å²) in [5, 5.41) is 0. The van der Waals surface area contributed by atoms with Gasteiger partial charge < -0.3 is 15.5 Å². The second-order valence-corrected chi connectivity index (χ2v) is 2.33. The molecule has 0 spiro atoms. The highest BCUT2D eigenvalue weighted by Crippen LogP contribution is 2.07. The van der Waals surface area contributed by atoms with Crippen LogP contribution in [-0.2, 0) is 0 Å². The number of primary amides is 1. The highest BCUT2D eigenvalue weighted by atomic mass is 32.1. The monoisotopic (exact) mass is 188 g/mol. The summed E-state index contributed by atoms with van der Waals surface area (Å²) in [6, 6.07) is 2.30. The van der Waals surface area contributed by atoms with Crippen LogP contribution in [-0.4, -0.2) is 11.1 Å². The third kappa shape index (κ3) is 2.03. The van der Waals surface area contributed by atoms with Gasteiger partial charge in [0.15, 0.2) is 5.82 Å². The molecule has 0 saturated heterocycles. The number of aromatic amines is 1. The number of hydrogen-bond donors (Lipinski definition) is 2. The molecule has 1 amide bonds. The average Bonchev–Trinajstić information content (AvgIpc) is 1.96. The Balaban J connectivity index is 2.97. The molecule has 0 aliphatic rings. The van der Waals surface area contributed by atoms with Gasteiger partial charge in [0.05, 0.1) is 0 Å². The number of aromatic nitrogens is 1. The summed E-state index contributed by atoms with van der Waals surface area (Å²) in [6.07, 6.45) is -0.979. The molecule has 0 saturated carbocycles. The van der Waals surface area contributed by atoms with E-state index in [0.29, 0.717) is 0 Å². The van der Waals surface area contributed by atoms with Gasteiger partial charge in [-0.1, -0.05) is 12.2 Å². The molecule has 0 aromatic carbocycles. The first-order chi connectivity index (χ1) is 5.59. The fourth-order valence-corrected chi connectivity index (χ4v) is 0.774. The minimum absolute atomic E-state index is 0.0221. The molecule has 6 heteroatoms. The van der Waals surface area contributed by atoms with E-state index in [9.17, 15) is 9.18 Å². The highest BCUT2D eigenvalue weighted by Gasteiger charge is 1.99. The maximum atomic E-state index is 12.5. The number of hydrogen-bond acceptors (Lipinski definition) is 3. The largest absolute Gasteiger partial charge is 0.411 e. The number of amides is 1. The van der Waals surface area contributed by atoms with Crippen molar-refractivity contribution in [2.45, 2.75) is 0 Å². The predicted molar refractivity (Wildman–Crippen MR) is 41.8 cm³/mol. The van der Waals surface area contributed by atoms with Crippen LogP contribution in [0.4, 0.5) is 9.18 Å². The Morgan fingerprint density at radius 1 is 1.67 bits per heavy atom. The molecule has 1 aromatic rings. The van der Waals surface area contributed by atoms with Gasteiger partial charge in [0, 0.05) is 6.07 Å². The van der Waals surface area contributed by atoms with Gasteiger partial charge in [-0.15, -0.1) is 0 Å². The number of H-pyrrole nitrogens is 1. The molecule has 1 aromatic heterocycles. The smallest absolute Gasteiger partial charge is 0.393 e. The second-order valence-electron chi connectivity index (χ2n) is 1.92. The van der Waals surface area contributed by atoms with Crippen molar-refractivity contribution in [2.24, 2.45) is 5.73 Å². The molecule has 64 valence electrons. The number of nitrogens with two attached hydrogens (primary N) is 1. The minimum atomic E-state index is -0.979. The number of carbonyl (C=O) groups is 1. The summed E-state index contributed by atoms with van der Waals surface area (Å²) in [5.74, 6) is -0.560. The molecule has 0 unspecified atom stereocenters. The molecule has 0 radical (unpaired) electrons. The number of pyridine rings is 1. The molecule has 0 aliphatic carbocycles.